The molecule has 2 aromatic rings. The van der Waals surface area contributed by atoms with Gasteiger partial charge in [-0.3, -0.25) is 9.59 Å². The lowest BCUT2D eigenvalue weighted by molar-refractivity contribution is -0.122. The van der Waals surface area contributed by atoms with E-state index >= 15 is 0 Å². The van der Waals surface area contributed by atoms with Gasteiger partial charge in [0, 0.05) is 11.3 Å². The van der Waals surface area contributed by atoms with Gasteiger partial charge in [0.1, 0.15) is 5.75 Å². The molecular formula is C18H20N2O3. The van der Waals surface area contributed by atoms with Crippen LogP contribution in [0.25, 0.3) is 0 Å². The van der Waals surface area contributed by atoms with Crippen LogP contribution in [0, 0.1) is 13.8 Å². The molecule has 0 saturated heterocycles. The van der Waals surface area contributed by atoms with Crippen LogP contribution in [0.1, 0.15) is 28.4 Å². The zero-order valence-electron chi connectivity index (χ0n) is 13.4. The molecule has 0 aromatic heterocycles. The van der Waals surface area contributed by atoms with Crippen molar-refractivity contribution in [1.29, 1.82) is 0 Å². The number of nitrogens with one attached hydrogen (secondary N) is 1. The van der Waals surface area contributed by atoms with E-state index in [0.29, 0.717) is 17.0 Å². The number of benzene rings is 2. The molecule has 1 atom stereocenters. The number of hydrogen-bond donors (Lipinski definition) is 2. The minimum atomic E-state index is -0.672. The monoisotopic (exact) mass is 312 g/mol. The molecular weight excluding hydrogens is 292 g/mol. The van der Waals surface area contributed by atoms with Crippen LogP contribution in [0.4, 0.5) is 5.69 Å². The molecule has 5 heteroatoms. The number of ether oxygens (including phenoxy) is 1. The molecule has 2 rings (SSSR count). The highest BCUT2D eigenvalue weighted by atomic mass is 16.5. The van der Waals surface area contributed by atoms with Crippen molar-refractivity contribution < 1.29 is 14.3 Å². The summed E-state index contributed by atoms with van der Waals surface area (Å²) in [5.74, 6) is -0.202. The van der Waals surface area contributed by atoms with E-state index in [2.05, 4.69) is 5.32 Å². The maximum atomic E-state index is 12.2. The van der Waals surface area contributed by atoms with Crippen LogP contribution in [0.2, 0.25) is 0 Å². The third kappa shape index (κ3) is 4.32. The van der Waals surface area contributed by atoms with Gasteiger partial charge in [-0.25, -0.2) is 0 Å². The van der Waals surface area contributed by atoms with Gasteiger partial charge in [0.2, 0.25) is 5.91 Å². The van der Waals surface area contributed by atoms with Crippen molar-refractivity contribution in [2.45, 2.75) is 26.9 Å². The summed E-state index contributed by atoms with van der Waals surface area (Å²) < 4.78 is 5.66. The molecule has 0 unspecified atom stereocenters. The Morgan fingerprint density at radius 1 is 1.09 bits per heavy atom. The van der Waals surface area contributed by atoms with Crippen LogP contribution in [0.15, 0.2) is 42.5 Å². The zero-order chi connectivity index (χ0) is 17.0. The lowest BCUT2D eigenvalue weighted by Crippen LogP contribution is -2.30. The molecule has 0 aliphatic carbocycles. The SMILES string of the molecule is Cc1ccc(O[C@@H](C)C(=O)Nc2cccc(C(N)=O)c2)cc1C. The van der Waals surface area contributed by atoms with Gasteiger partial charge in [0.25, 0.3) is 5.91 Å². The van der Waals surface area contributed by atoms with Crippen LogP contribution >= 0.6 is 0 Å². The highest BCUT2D eigenvalue weighted by Crippen LogP contribution is 2.18. The fourth-order valence-electron chi connectivity index (χ4n) is 2.04. The number of carbonyl (C=O) groups excluding carboxylic acids is 2. The van der Waals surface area contributed by atoms with Gasteiger partial charge in [0.15, 0.2) is 6.10 Å². The van der Waals surface area contributed by atoms with Gasteiger partial charge in [-0.2, -0.15) is 0 Å². The van der Waals surface area contributed by atoms with E-state index in [4.69, 9.17) is 10.5 Å². The standard InChI is InChI=1S/C18H20N2O3/c1-11-7-8-16(9-12(11)2)23-13(3)18(22)20-15-6-4-5-14(10-15)17(19)21/h4-10,13H,1-3H3,(H2,19,21)(H,20,22)/t13-/m0/s1. The quantitative estimate of drug-likeness (QED) is 0.890. The van der Waals surface area contributed by atoms with Crippen LogP contribution in [0.3, 0.4) is 0 Å². The first kappa shape index (κ1) is 16.5. The molecule has 120 valence electrons. The fourth-order valence-corrected chi connectivity index (χ4v) is 2.04. The first-order chi connectivity index (χ1) is 10.9. The van der Waals surface area contributed by atoms with E-state index in [1.54, 1.807) is 25.1 Å². The summed E-state index contributed by atoms with van der Waals surface area (Å²) in [5, 5.41) is 2.71. The number of anilines is 1. The number of carbonyl (C=O) groups is 2. The third-order valence-electron chi connectivity index (χ3n) is 3.58. The van der Waals surface area contributed by atoms with Crippen molar-refractivity contribution in [2.75, 3.05) is 5.32 Å². The number of amides is 2. The van der Waals surface area contributed by atoms with E-state index in [1.807, 2.05) is 32.0 Å². The summed E-state index contributed by atoms with van der Waals surface area (Å²) in [5.41, 5.74) is 8.33. The summed E-state index contributed by atoms with van der Waals surface area (Å²) in [7, 11) is 0. The average Bonchev–Trinajstić information content (AvgIpc) is 2.51. The Kier molecular flexibility index (Phi) is 5.01. The van der Waals surface area contributed by atoms with Gasteiger partial charge in [-0.1, -0.05) is 12.1 Å². The van der Waals surface area contributed by atoms with E-state index in [9.17, 15) is 9.59 Å². The molecule has 23 heavy (non-hydrogen) atoms. The lowest BCUT2D eigenvalue weighted by atomic mass is 10.1. The Hall–Kier alpha value is -2.82. The van der Waals surface area contributed by atoms with Crippen LogP contribution in [-0.4, -0.2) is 17.9 Å². The first-order valence-electron chi connectivity index (χ1n) is 7.31. The second kappa shape index (κ2) is 6.96. The van der Waals surface area contributed by atoms with Crippen LogP contribution in [-0.2, 0) is 4.79 Å². The van der Waals surface area contributed by atoms with Gasteiger partial charge in [0.05, 0.1) is 0 Å². The number of primary amides is 1. The van der Waals surface area contributed by atoms with Crippen LogP contribution < -0.4 is 15.8 Å². The molecule has 0 fully saturated rings. The topological polar surface area (TPSA) is 81.4 Å². The lowest BCUT2D eigenvalue weighted by Gasteiger charge is -2.16. The minimum absolute atomic E-state index is 0.301. The molecule has 0 spiro atoms. The predicted octanol–water partition coefficient (Wildman–Crippen LogP) is 2.81. The third-order valence-corrected chi connectivity index (χ3v) is 3.58. The van der Waals surface area contributed by atoms with Crippen molar-refractivity contribution in [3.63, 3.8) is 0 Å². The number of hydrogen-bond acceptors (Lipinski definition) is 3. The van der Waals surface area contributed by atoms with Crippen molar-refractivity contribution in [3.8, 4) is 5.75 Å². The second-order valence-electron chi connectivity index (χ2n) is 5.44. The van der Waals surface area contributed by atoms with E-state index in [1.165, 1.54) is 6.07 Å². The summed E-state index contributed by atoms with van der Waals surface area (Å²) >= 11 is 0. The maximum Gasteiger partial charge on any atom is 0.265 e. The Labute approximate surface area is 135 Å². The van der Waals surface area contributed by atoms with E-state index < -0.39 is 12.0 Å². The van der Waals surface area contributed by atoms with E-state index in [-0.39, 0.29) is 5.91 Å². The summed E-state index contributed by atoms with van der Waals surface area (Å²) in [6.45, 7) is 5.67. The van der Waals surface area contributed by atoms with Crippen molar-refractivity contribution >= 4 is 17.5 Å². The van der Waals surface area contributed by atoms with Gasteiger partial charge in [-0.15, -0.1) is 0 Å². The number of rotatable bonds is 5. The molecule has 0 heterocycles. The zero-order valence-corrected chi connectivity index (χ0v) is 13.4. The average molecular weight is 312 g/mol. The summed E-state index contributed by atoms with van der Waals surface area (Å²) in [4.78, 5) is 23.4. The Bertz CT molecular complexity index is 741. The fraction of sp³-hybridized carbons (Fsp3) is 0.222. The predicted molar refractivity (Wildman–Crippen MR) is 89.6 cm³/mol. The number of aryl methyl sites for hydroxylation is 2. The molecule has 3 N–H and O–H groups in total. The maximum absolute atomic E-state index is 12.2. The van der Waals surface area contributed by atoms with Crippen molar-refractivity contribution in [2.24, 2.45) is 5.73 Å². The first-order valence-corrected chi connectivity index (χ1v) is 7.31. The summed E-state index contributed by atoms with van der Waals surface area (Å²) in [6, 6.07) is 12.1. The largest absolute Gasteiger partial charge is 0.481 e. The molecule has 0 aliphatic heterocycles. The second-order valence-corrected chi connectivity index (χ2v) is 5.44. The summed E-state index contributed by atoms with van der Waals surface area (Å²) in [6.07, 6.45) is -0.672. The van der Waals surface area contributed by atoms with Crippen molar-refractivity contribution in [3.05, 3.63) is 59.2 Å². The van der Waals surface area contributed by atoms with Gasteiger partial charge >= 0.3 is 0 Å². The normalized spacial score (nSPS) is 11.6. The van der Waals surface area contributed by atoms with Gasteiger partial charge in [-0.05, 0) is 62.2 Å². The Morgan fingerprint density at radius 3 is 2.48 bits per heavy atom. The molecule has 2 amide bonds. The van der Waals surface area contributed by atoms with Crippen LogP contribution in [0.5, 0.6) is 5.75 Å². The highest BCUT2D eigenvalue weighted by Gasteiger charge is 2.15. The molecule has 0 saturated carbocycles. The Morgan fingerprint density at radius 2 is 1.83 bits per heavy atom. The minimum Gasteiger partial charge on any atom is -0.481 e. The molecule has 0 radical (unpaired) electrons. The molecule has 5 nitrogen and oxygen atoms in total. The molecule has 0 bridgehead atoms. The molecule has 2 aromatic carbocycles. The molecule has 0 aliphatic rings. The Balaban J connectivity index is 2.03. The smallest absolute Gasteiger partial charge is 0.265 e. The number of nitrogens with two attached hydrogens (primary N) is 1. The highest BCUT2D eigenvalue weighted by molar-refractivity contribution is 5.97. The van der Waals surface area contributed by atoms with Gasteiger partial charge < -0.3 is 15.8 Å². The van der Waals surface area contributed by atoms with Crippen molar-refractivity contribution in [1.82, 2.24) is 0 Å². The van der Waals surface area contributed by atoms with E-state index in [0.717, 1.165) is 11.1 Å².